The van der Waals surface area contributed by atoms with Crippen molar-refractivity contribution < 1.29 is 9.84 Å². The Labute approximate surface area is 109 Å². The van der Waals surface area contributed by atoms with E-state index in [1.54, 1.807) is 23.5 Å². The Morgan fingerprint density at radius 1 is 1.24 bits per heavy atom. The zero-order chi connectivity index (χ0) is 12.1. The highest BCUT2D eigenvalue weighted by Crippen LogP contribution is 2.22. The number of hydrogen-bond acceptors (Lipinski definition) is 3. The minimum atomic E-state index is -0.442. The van der Waals surface area contributed by atoms with E-state index in [2.05, 4.69) is 0 Å². The molecule has 1 N–H and O–H groups in total. The number of aliphatic hydroxyl groups is 1. The molecule has 2 nitrogen and oxygen atoms in total. The molecule has 1 heterocycles. The van der Waals surface area contributed by atoms with Crippen LogP contribution >= 0.6 is 22.9 Å². The van der Waals surface area contributed by atoms with Gasteiger partial charge in [0.05, 0.1) is 12.7 Å². The van der Waals surface area contributed by atoms with Crippen molar-refractivity contribution in [2.24, 2.45) is 0 Å². The van der Waals surface area contributed by atoms with Crippen molar-refractivity contribution in [2.75, 3.05) is 6.61 Å². The average molecular weight is 269 g/mol. The van der Waals surface area contributed by atoms with Crippen molar-refractivity contribution in [2.45, 2.75) is 12.5 Å². The maximum absolute atomic E-state index is 9.84. The van der Waals surface area contributed by atoms with E-state index in [0.29, 0.717) is 18.1 Å². The SMILES string of the molecule is OC(CCOc1ccc(Cl)cc1)c1cccs1. The van der Waals surface area contributed by atoms with Crippen molar-refractivity contribution in [3.05, 3.63) is 51.7 Å². The van der Waals surface area contributed by atoms with Crippen LogP contribution in [-0.4, -0.2) is 11.7 Å². The zero-order valence-corrected chi connectivity index (χ0v) is 10.7. The average Bonchev–Trinajstić information content (AvgIpc) is 2.85. The third-order valence-corrected chi connectivity index (χ3v) is 3.57. The Balaban J connectivity index is 1.78. The number of rotatable bonds is 5. The fourth-order valence-electron chi connectivity index (χ4n) is 1.44. The zero-order valence-electron chi connectivity index (χ0n) is 9.17. The minimum Gasteiger partial charge on any atom is -0.493 e. The number of aliphatic hydroxyl groups excluding tert-OH is 1. The van der Waals surface area contributed by atoms with Gasteiger partial charge in [0.2, 0.25) is 0 Å². The molecular weight excluding hydrogens is 256 g/mol. The highest BCUT2D eigenvalue weighted by Gasteiger charge is 2.08. The molecule has 0 bridgehead atoms. The first-order valence-electron chi connectivity index (χ1n) is 5.35. The highest BCUT2D eigenvalue weighted by atomic mass is 35.5. The topological polar surface area (TPSA) is 29.5 Å². The van der Waals surface area contributed by atoms with Crippen molar-refractivity contribution in [1.82, 2.24) is 0 Å². The van der Waals surface area contributed by atoms with Crippen LogP contribution in [0.4, 0.5) is 0 Å². The Morgan fingerprint density at radius 3 is 2.65 bits per heavy atom. The van der Waals surface area contributed by atoms with Gasteiger partial charge < -0.3 is 9.84 Å². The van der Waals surface area contributed by atoms with Gasteiger partial charge in [0.25, 0.3) is 0 Å². The normalized spacial score (nSPS) is 12.4. The van der Waals surface area contributed by atoms with Gasteiger partial charge in [-0.1, -0.05) is 17.7 Å². The molecule has 0 saturated heterocycles. The van der Waals surface area contributed by atoms with Crippen LogP contribution in [0.25, 0.3) is 0 Å². The number of thiophene rings is 1. The summed E-state index contributed by atoms with van der Waals surface area (Å²) in [5.41, 5.74) is 0. The summed E-state index contributed by atoms with van der Waals surface area (Å²) >= 11 is 7.33. The van der Waals surface area contributed by atoms with Crippen LogP contribution in [0.1, 0.15) is 17.4 Å². The van der Waals surface area contributed by atoms with Crippen LogP contribution in [0.5, 0.6) is 5.75 Å². The van der Waals surface area contributed by atoms with E-state index >= 15 is 0 Å². The largest absolute Gasteiger partial charge is 0.493 e. The lowest BCUT2D eigenvalue weighted by atomic mass is 10.2. The van der Waals surface area contributed by atoms with Gasteiger partial charge >= 0.3 is 0 Å². The quantitative estimate of drug-likeness (QED) is 0.891. The van der Waals surface area contributed by atoms with Gasteiger partial charge in [0.1, 0.15) is 5.75 Å². The molecule has 1 atom stereocenters. The predicted molar refractivity (Wildman–Crippen MR) is 70.8 cm³/mol. The Hall–Kier alpha value is -1.03. The van der Waals surface area contributed by atoms with Crippen LogP contribution < -0.4 is 4.74 Å². The molecule has 4 heteroatoms. The van der Waals surface area contributed by atoms with E-state index in [1.165, 1.54) is 0 Å². The van der Waals surface area contributed by atoms with E-state index in [4.69, 9.17) is 16.3 Å². The molecular formula is C13H13ClO2S. The summed E-state index contributed by atoms with van der Waals surface area (Å²) in [6, 6.07) is 11.1. The van der Waals surface area contributed by atoms with Gasteiger partial charge in [-0.3, -0.25) is 0 Å². The molecule has 2 aromatic rings. The number of ether oxygens (including phenoxy) is 1. The van der Waals surface area contributed by atoms with Gasteiger partial charge in [-0.25, -0.2) is 0 Å². The Bertz CT molecular complexity index is 439. The van der Waals surface area contributed by atoms with Crippen molar-refractivity contribution in [3.63, 3.8) is 0 Å². The second-order valence-corrected chi connectivity index (χ2v) is 5.04. The summed E-state index contributed by atoms with van der Waals surface area (Å²) in [5.74, 6) is 0.771. The number of benzene rings is 1. The lowest BCUT2D eigenvalue weighted by Gasteiger charge is -2.10. The lowest BCUT2D eigenvalue weighted by molar-refractivity contribution is 0.144. The van der Waals surface area contributed by atoms with Gasteiger partial charge in [-0.15, -0.1) is 11.3 Å². The Kier molecular flexibility index (Phi) is 4.42. The van der Waals surface area contributed by atoms with Crippen LogP contribution in [0.3, 0.4) is 0 Å². The first-order valence-corrected chi connectivity index (χ1v) is 6.61. The summed E-state index contributed by atoms with van der Waals surface area (Å²) in [5, 5.41) is 12.5. The van der Waals surface area contributed by atoms with Gasteiger partial charge in [0.15, 0.2) is 0 Å². The van der Waals surface area contributed by atoms with Crippen molar-refractivity contribution in [3.8, 4) is 5.75 Å². The fraction of sp³-hybridized carbons (Fsp3) is 0.231. The first-order chi connectivity index (χ1) is 8.25. The molecule has 0 fully saturated rings. The smallest absolute Gasteiger partial charge is 0.119 e. The summed E-state index contributed by atoms with van der Waals surface area (Å²) in [6.45, 7) is 0.487. The monoisotopic (exact) mass is 268 g/mol. The summed E-state index contributed by atoms with van der Waals surface area (Å²) in [6.07, 6.45) is 0.144. The molecule has 1 unspecified atom stereocenters. The molecule has 1 aromatic heterocycles. The maximum atomic E-state index is 9.84. The maximum Gasteiger partial charge on any atom is 0.119 e. The van der Waals surface area contributed by atoms with Crippen LogP contribution in [0.15, 0.2) is 41.8 Å². The summed E-state index contributed by atoms with van der Waals surface area (Å²) in [7, 11) is 0. The van der Waals surface area contributed by atoms with Crippen LogP contribution in [0.2, 0.25) is 5.02 Å². The van der Waals surface area contributed by atoms with Crippen molar-refractivity contribution in [1.29, 1.82) is 0 Å². The molecule has 2 rings (SSSR count). The second kappa shape index (κ2) is 6.05. The van der Waals surface area contributed by atoms with E-state index < -0.39 is 6.10 Å². The first kappa shape index (κ1) is 12.4. The predicted octanol–water partition coefficient (Wildman–Crippen LogP) is 3.90. The molecule has 0 amide bonds. The number of hydrogen-bond donors (Lipinski definition) is 1. The van der Waals surface area contributed by atoms with Gasteiger partial charge in [-0.2, -0.15) is 0 Å². The van der Waals surface area contributed by atoms with Gasteiger partial charge in [-0.05, 0) is 35.7 Å². The molecule has 0 saturated carbocycles. The molecule has 17 heavy (non-hydrogen) atoms. The molecule has 0 aliphatic carbocycles. The van der Waals surface area contributed by atoms with E-state index in [0.717, 1.165) is 10.6 Å². The molecule has 90 valence electrons. The summed E-state index contributed by atoms with van der Waals surface area (Å²) < 4.78 is 5.52. The standard InChI is InChI=1S/C13H13ClO2S/c14-10-3-5-11(6-4-10)16-8-7-12(15)13-2-1-9-17-13/h1-6,9,12,15H,7-8H2. The number of halogens is 1. The summed E-state index contributed by atoms with van der Waals surface area (Å²) in [4.78, 5) is 0.977. The molecule has 0 spiro atoms. The molecule has 0 radical (unpaired) electrons. The minimum absolute atomic E-state index is 0.442. The van der Waals surface area contributed by atoms with E-state index in [1.807, 2.05) is 29.6 Å². The van der Waals surface area contributed by atoms with Gasteiger partial charge in [0, 0.05) is 16.3 Å². The van der Waals surface area contributed by atoms with E-state index in [-0.39, 0.29) is 0 Å². The van der Waals surface area contributed by atoms with E-state index in [9.17, 15) is 5.11 Å². The molecule has 1 aromatic carbocycles. The van der Waals surface area contributed by atoms with Crippen molar-refractivity contribution >= 4 is 22.9 Å². The fourth-order valence-corrected chi connectivity index (χ4v) is 2.31. The Morgan fingerprint density at radius 2 is 2.00 bits per heavy atom. The van der Waals surface area contributed by atoms with Crippen LogP contribution in [0, 0.1) is 0 Å². The molecule has 0 aliphatic rings. The third-order valence-electron chi connectivity index (χ3n) is 2.35. The second-order valence-electron chi connectivity index (χ2n) is 3.62. The molecule has 0 aliphatic heterocycles. The lowest BCUT2D eigenvalue weighted by Crippen LogP contribution is -2.03. The van der Waals surface area contributed by atoms with Crippen LogP contribution in [-0.2, 0) is 0 Å². The highest BCUT2D eigenvalue weighted by molar-refractivity contribution is 7.10. The third kappa shape index (κ3) is 3.73.